The van der Waals surface area contributed by atoms with Gasteiger partial charge in [0.05, 0.1) is 0 Å². The summed E-state index contributed by atoms with van der Waals surface area (Å²) in [4.78, 5) is 12.8. The summed E-state index contributed by atoms with van der Waals surface area (Å²) >= 11 is 3.03. The lowest BCUT2D eigenvalue weighted by Gasteiger charge is -2.11. The minimum atomic E-state index is 0.135. The fourth-order valence-electron chi connectivity index (χ4n) is 2.64. The van der Waals surface area contributed by atoms with Gasteiger partial charge in [-0.2, -0.15) is 0 Å². The SMILES string of the molecule is C1CNCNC1.C=Nc1nc(-c2csc(-c3ccccc3CCO)n2)cs1. The van der Waals surface area contributed by atoms with Gasteiger partial charge in [0.15, 0.2) is 0 Å². The van der Waals surface area contributed by atoms with Gasteiger partial charge in [-0.3, -0.25) is 0 Å². The van der Waals surface area contributed by atoms with Crippen LogP contribution in [0.5, 0.6) is 0 Å². The second kappa shape index (κ2) is 10.4. The van der Waals surface area contributed by atoms with E-state index in [9.17, 15) is 0 Å². The molecular formula is C19H23N5OS2. The molecule has 2 aromatic heterocycles. The lowest BCUT2D eigenvalue weighted by atomic mass is 10.1. The lowest BCUT2D eigenvalue weighted by Crippen LogP contribution is -2.37. The van der Waals surface area contributed by atoms with Crippen LogP contribution in [0.15, 0.2) is 40.0 Å². The highest BCUT2D eigenvalue weighted by Crippen LogP contribution is 2.32. The Bertz CT molecular complexity index is 846. The van der Waals surface area contributed by atoms with Gasteiger partial charge in [-0.15, -0.1) is 22.7 Å². The summed E-state index contributed by atoms with van der Waals surface area (Å²) in [6.45, 7) is 6.99. The maximum absolute atomic E-state index is 9.16. The van der Waals surface area contributed by atoms with Gasteiger partial charge in [0.1, 0.15) is 16.4 Å². The van der Waals surface area contributed by atoms with Crippen LogP contribution in [0.1, 0.15) is 12.0 Å². The summed E-state index contributed by atoms with van der Waals surface area (Å²) < 4.78 is 0. The Balaban J connectivity index is 0.000000299. The van der Waals surface area contributed by atoms with Crippen LogP contribution in [0.2, 0.25) is 0 Å². The number of nitrogens with zero attached hydrogens (tertiary/aromatic N) is 3. The van der Waals surface area contributed by atoms with E-state index in [1.165, 1.54) is 30.8 Å². The number of rotatable bonds is 5. The zero-order valence-corrected chi connectivity index (χ0v) is 16.7. The van der Waals surface area contributed by atoms with Crippen molar-refractivity contribution in [2.45, 2.75) is 12.8 Å². The first-order valence-corrected chi connectivity index (χ1v) is 10.6. The summed E-state index contributed by atoms with van der Waals surface area (Å²) in [5.74, 6) is 0. The molecule has 0 atom stereocenters. The summed E-state index contributed by atoms with van der Waals surface area (Å²) in [7, 11) is 0. The maximum atomic E-state index is 9.16. The molecule has 1 aliphatic rings. The molecule has 3 heterocycles. The first kappa shape index (κ1) is 19.8. The smallest absolute Gasteiger partial charge is 0.209 e. The Morgan fingerprint density at radius 1 is 1.07 bits per heavy atom. The highest BCUT2D eigenvalue weighted by molar-refractivity contribution is 7.14. The Labute approximate surface area is 167 Å². The van der Waals surface area contributed by atoms with E-state index in [0.717, 1.165) is 34.2 Å². The van der Waals surface area contributed by atoms with E-state index >= 15 is 0 Å². The predicted octanol–water partition coefficient (Wildman–Crippen LogP) is 3.33. The number of benzene rings is 1. The van der Waals surface area contributed by atoms with Crippen LogP contribution >= 0.6 is 22.7 Å². The number of aliphatic imine (C=N–C) groups is 1. The van der Waals surface area contributed by atoms with Gasteiger partial charge in [-0.25, -0.2) is 15.0 Å². The summed E-state index contributed by atoms with van der Waals surface area (Å²) in [6.07, 6.45) is 1.91. The Morgan fingerprint density at radius 2 is 1.81 bits per heavy atom. The second-order valence-corrected chi connectivity index (χ2v) is 7.57. The highest BCUT2D eigenvalue weighted by Gasteiger charge is 2.12. The van der Waals surface area contributed by atoms with E-state index in [2.05, 4.69) is 32.3 Å². The van der Waals surface area contributed by atoms with Crippen molar-refractivity contribution in [3.8, 4) is 22.0 Å². The molecule has 0 aliphatic carbocycles. The molecule has 0 radical (unpaired) electrons. The molecule has 0 unspecified atom stereocenters. The largest absolute Gasteiger partial charge is 0.396 e. The average molecular weight is 402 g/mol. The molecule has 1 aromatic carbocycles. The summed E-state index contributed by atoms with van der Waals surface area (Å²) in [5.41, 5.74) is 3.84. The van der Waals surface area contributed by atoms with Crippen LogP contribution in [-0.2, 0) is 6.42 Å². The Kier molecular flexibility index (Phi) is 7.61. The third kappa shape index (κ3) is 5.50. The second-order valence-electron chi connectivity index (χ2n) is 5.87. The van der Waals surface area contributed by atoms with Gasteiger partial charge in [0, 0.05) is 29.6 Å². The van der Waals surface area contributed by atoms with Crippen LogP contribution in [0.3, 0.4) is 0 Å². The van der Waals surface area contributed by atoms with Crippen molar-refractivity contribution < 1.29 is 5.11 Å². The molecular weight excluding hydrogens is 378 g/mol. The number of thiazole rings is 2. The minimum Gasteiger partial charge on any atom is -0.396 e. The van der Waals surface area contributed by atoms with E-state index in [-0.39, 0.29) is 6.61 Å². The van der Waals surface area contributed by atoms with Crippen LogP contribution in [0, 0.1) is 0 Å². The van der Waals surface area contributed by atoms with Gasteiger partial charge < -0.3 is 15.7 Å². The van der Waals surface area contributed by atoms with Crippen LogP contribution in [-0.4, -0.2) is 48.2 Å². The third-order valence-electron chi connectivity index (χ3n) is 3.98. The molecule has 8 heteroatoms. The van der Waals surface area contributed by atoms with Crippen LogP contribution in [0.25, 0.3) is 22.0 Å². The number of aliphatic hydroxyl groups excluding tert-OH is 1. The first-order chi connectivity index (χ1) is 13.3. The topological polar surface area (TPSA) is 82.4 Å². The molecule has 1 aliphatic heterocycles. The quantitative estimate of drug-likeness (QED) is 0.571. The van der Waals surface area contributed by atoms with Crippen molar-refractivity contribution in [3.05, 3.63) is 40.6 Å². The van der Waals surface area contributed by atoms with Gasteiger partial charge in [-0.05, 0) is 38.2 Å². The van der Waals surface area contributed by atoms with Crippen molar-refractivity contribution in [3.63, 3.8) is 0 Å². The van der Waals surface area contributed by atoms with E-state index in [1.807, 2.05) is 35.0 Å². The number of nitrogens with one attached hydrogen (secondary N) is 2. The number of aliphatic hydroxyl groups is 1. The van der Waals surface area contributed by atoms with Crippen molar-refractivity contribution in [2.24, 2.45) is 4.99 Å². The molecule has 1 fully saturated rings. The molecule has 6 nitrogen and oxygen atoms in total. The molecule has 0 bridgehead atoms. The zero-order valence-electron chi connectivity index (χ0n) is 15.0. The van der Waals surface area contributed by atoms with Crippen LogP contribution in [0.4, 0.5) is 5.13 Å². The van der Waals surface area contributed by atoms with Gasteiger partial charge >= 0.3 is 0 Å². The highest BCUT2D eigenvalue weighted by atomic mass is 32.1. The third-order valence-corrected chi connectivity index (χ3v) is 5.63. The summed E-state index contributed by atoms with van der Waals surface area (Å²) in [6, 6.07) is 8.02. The number of hydrogen-bond acceptors (Lipinski definition) is 8. The number of aromatic nitrogens is 2. The van der Waals surface area contributed by atoms with Crippen LogP contribution < -0.4 is 10.6 Å². The molecule has 4 rings (SSSR count). The van der Waals surface area contributed by atoms with E-state index < -0.39 is 0 Å². The Morgan fingerprint density at radius 3 is 2.44 bits per heavy atom. The van der Waals surface area contributed by atoms with E-state index in [1.54, 1.807) is 11.3 Å². The number of hydrogen-bond donors (Lipinski definition) is 3. The predicted molar refractivity (Wildman–Crippen MR) is 114 cm³/mol. The molecule has 3 N–H and O–H groups in total. The average Bonchev–Trinajstić information content (AvgIpc) is 3.40. The minimum absolute atomic E-state index is 0.135. The van der Waals surface area contributed by atoms with E-state index in [4.69, 9.17) is 5.11 Å². The van der Waals surface area contributed by atoms with Crippen molar-refractivity contribution in [1.82, 2.24) is 20.6 Å². The molecule has 142 valence electrons. The van der Waals surface area contributed by atoms with Crippen molar-refractivity contribution >= 4 is 34.5 Å². The summed E-state index contributed by atoms with van der Waals surface area (Å²) in [5, 5.41) is 21.0. The van der Waals surface area contributed by atoms with Crippen molar-refractivity contribution in [2.75, 3.05) is 26.4 Å². The van der Waals surface area contributed by atoms with E-state index in [0.29, 0.717) is 11.6 Å². The maximum Gasteiger partial charge on any atom is 0.209 e. The first-order valence-electron chi connectivity index (χ1n) is 8.80. The lowest BCUT2D eigenvalue weighted by molar-refractivity contribution is 0.300. The van der Waals surface area contributed by atoms with Crippen molar-refractivity contribution in [1.29, 1.82) is 0 Å². The fraction of sp³-hybridized carbons (Fsp3) is 0.316. The Hall–Kier alpha value is -1.97. The molecule has 0 saturated carbocycles. The monoisotopic (exact) mass is 401 g/mol. The molecule has 0 amide bonds. The molecule has 3 aromatic rings. The van der Waals surface area contributed by atoms with Gasteiger partial charge in [0.2, 0.25) is 5.13 Å². The van der Waals surface area contributed by atoms with Gasteiger partial charge in [-0.1, -0.05) is 24.3 Å². The fourth-order valence-corrected chi connectivity index (χ4v) is 4.13. The standard InChI is InChI=1S/C15H13N3OS2.C4H10N2/c1-16-15-18-13(9-21-15)12-8-20-14(17-12)11-5-3-2-4-10(11)6-7-19;1-2-5-4-6-3-1/h2-5,8-9,19H,1,6-7H2;5-6H,1-4H2. The molecule has 27 heavy (non-hydrogen) atoms. The van der Waals surface area contributed by atoms with Gasteiger partial charge in [0.25, 0.3) is 0 Å². The normalized spacial score (nSPS) is 13.7. The zero-order chi connectivity index (χ0) is 18.9. The molecule has 1 saturated heterocycles. The molecule has 0 spiro atoms.